The van der Waals surface area contributed by atoms with Gasteiger partial charge in [-0.1, -0.05) is 20.8 Å². The summed E-state index contributed by atoms with van der Waals surface area (Å²) in [4.78, 5) is 23.5. The Hall–Kier alpha value is -1.10. The maximum atomic E-state index is 11.8. The van der Waals surface area contributed by atoms with E-state index in [1.54, 1.807) is 0 Å². The van der Waals surface area contributed by atoms with E-state index in [0.717, 1.165) is 19.4 Å². The molecule has 0 aromatic carbocycles. The average molecular weight is 285 g/mol. The molecule has 1 atom stereocenters. The first-order valence-corrected chi connectivity index (χ1v) is 7.24. The maximum Gasteiger partial charge on any atom is 0.516 e. The third kappa shape index (κ3) is 6.37. The number of hydrogen-bond acceptors (Lipinski definition) is 5. The molecule has 0 aliphatic carbocycles. The van der Waals surface area contributed by atoms with Gasteiger partial charge in [0, 0.05) is 6.54 Å². The number of carbonyl (C=O) groups excluding carboxylic acids is 2. The third-order valence-corrected chi connectivity index (χ3v) is 3.13. The molecule has 5 nitrogen and oxygen atoms in total. The highest BCUT2D eigenvalue weighted by atomic mass is 16.7. The molecule has 1 fully saturated rings. The fraction of sp³-hybridized carbons (Fsp3) is 0.867. The minimum Gasteiger partial charge on any atom is -0.428 e. The van der Waals surface area contributed by atoms with E-state index in [-0.39, 0.29) is 11.3 Å². The van der Waals surface area contributed by atoms with E-state index in [1.807, 2.05) is 13.8 Å². The number of nitrogens with one attached hydrogen (secondary N) is 1. The maximum absolute atomic E-state index is 11.8. The summed E-state index contributed by atoms with van der Waals surface area (Å²) in [6.07, 6.45) is 1.47. The van der Waals surface area contributed by atoms with Crippen LogP contribution in [0.5, 0.6) is 0 Å². The van der Waals surface area contributed by atoms with E-state index in [0.29, 0.717) is 13.0 Å². The number of hydrogen-bond donors (Lipinski definition) is 1. The molecule has 0 unspecified atom stereocenters. The Morgan fingerprint density at radius 2 is 1.85 bits per heavy atom. The standard InChI is InChI=1S/C15H27NO4/c1-14(2,3)10-15(4,5)20-13(18)19-12(17)11-7-6-8-16-9-11/h11,16H,6-10H2,1-5H3/t11-/m1/s1. The molecule has 1 N–H and O–H groups in total. The van der Waals surface area contributed by atoms with E-state index in [2.05, 4.69) is 26.1 Å². The lowest BCUT2D eigenvalue weighted by Crippen LogP contribution is -2.38. The summed E-state index contributed by atoms with van der Waals surface area (Å²) in [7, 11) is 0. The monoisotopic (exact) mass is 285 g/mol. The Balaban J connectivity index is 2.44. The molecule has 1 heterocycles. The van der Waals surface area contributed by atoms with Crippen molar-refractivity contribution in [3.05, 3.63) is 0 Å². The molecule has 0 bridgehead atoms. The summed E-state index contributed by atoms with van der Waals surface area (Å²) in [5, 5.41) is 3.12. The molecule has 0 aromatic rings. The summed E-state index contributed by atoms with van der Waals surface area (Å²) < 4.78 is 10.1. The Morgan fingerprint density at radius 1 is 1.20 bits per heavy atom. The van der Waals surface area contributed by atoms with Crippen LogP contribution in [0.25, 0.3) is 0 Å². The van der Waals surface area contributed by atoms with Gasteiger partial charge in [-0.05, 0) is 45.1 Å². The van der Waals surface area contributed by atoms with Crippen LogP contribution in [-0.2, 0) is 14.3 Å². The van der Waals surface area contributed by atoms with E-state index >= 15 is 0 Å². The van der Waals surface area contributed by atoms with Crippen LogP contribution in [0.1, 0.15) is 53.9 Å². The van der Waals surface area contributed by atoms with Crippen LogP contribution in [0, 0.1) is 11.3 Å². The van der Waals surface area contributed by atoms with Crippen LogP contribution in [0.3, 0.4) is 0 Å². The van der Waals surface area contributed by atoms with Crippen LogP contribution in [0.4, 0.5) is 4.79 Å². The normalized spacial score (nSPS) is 20.4. The lowest BCUT2D eigenvalue weighted by molar-refractivity contribution is -0.147. The zero-order chi connectivity index (χ0) is 15.4. The Kier molecular flexibility index (Phi) is 5.57. The second kappa shape index (κ2) is 6.57. The molecule has 0 saturated carbocycles. The topological polar surface area (TPSA) is 64.6 Å². The number of rotatable bonds is 3. The number of piperidine rings is 1. The molecule has 0 aromatic heterocycles. The average Bonchev–Trinajstić information content (AvgIpc) is 2.25. The van der Waals surface area contributed by atoms with E-state index in [9.17, 15) is 9.59 Å². The number of ether oxygens (including phenoxy) is 2. The van der Waals surface area contributed by atoms with Crippen molar-refractivity contribution in [2.75, 3.05) is 13.1 Å². The van der Waals surface area contributed by atoms with Crippen LogP contribution >= 0.6 is 0 Å². The third-order valence-electron chi connectivity index (χ3n) is 3.13. The minimum absolute atomic E-state index is 0.0288. The number of esters is 1. The summed E-state index contributed by atoms with van der Waals surface area (Å²) >= 11 is 0. The molecule has 0 amide bonds. The zero-order valence-electron chi connectivity index (χ0n) is 13.2. The van der Waals surface area contributed by atoms with Crippen molar-refractivity contribution < 1.29 is 19.1 Å². The van der Waals surface area contributed by atoms with Crippen LogP contribution in [0.2, 0.25) is 0 Å². The van der Waals surface area contributed by atoms with Crippen molar-refractivity contribution in [2.24, 2.45) is 11.3 Å². The van der Waals surface area contributed by atoms with Gasteiger partial charge in [-0.3, -0.25) is 4.79 Å². The molecule has 20 heavy (non-hydrogen) atoms. The van der Waals surface area contributed by atoms with Gasteiger partial charge in [-0.15, -0.1) is 0 Å². The van der Waals surface area contributed by atoms with Crippen LogP contribution in [0.15, 0.2) is 0 Å². The quantitative estimate of drug-likeness (QED) is 0.638. The van der Waals surface area contributed by atoms with Crippen molar-refractivity contribution in [1.29, 1.82) is 0 Å². The zero-order valence-corrected chi connectivity index (χ0v) is 13.2. The first-order valence-electron chi connectivity index (χ1n) is 7.24. The number of carbonyl (C=O) groups is 2. The minimum atomic E-state index is -0.894. The van der Waals surface area contributed by atoms with E-state index < -0.39 is 17.7 Å². The molecule has 0 radical (unpaired) electrons. The van der Waals surface area contributed by atoms with Crippen molar-refractivity contribution in [2.45, 2.75) is 59.5 Å². The molecule has 0 spiro atoms. The van der Waals surface area contributed by atoms with Gasteiger partial charge in [-0.25, -0.2) is 4.79 Å². The van der Waals surface area contributed by atoms with Crippen molar-refractivity contribution in [3.8, 4) is 0 Å². The van der Waals surface area contributed by atoms with Crippen molar-refractivity contribution >= 4 is 12.1 Å². The molecular formula is C15H27NO4. The lowest BCUT2D eigenvalue weighted by atomic mass is 9.84. The highest BCUT2D eigenvalue weighted by Crippen LogP contribution is 2.29. The molecule has 1 rings (SSSR count). The second-order valence-electron chi connectivity index (χ2n) is 7.31. The van der Waals surface area contributed by atoms with Gasteiger partial charge in [0.15, 0.2) is 0 Å². The van der Waals surface area contributed by atoms with Crippen LogP contribution < -0.4 is 5.32 Å². The van der Waals surface area contributed by atoms with E-state index in [1.165, 1.54) is 0 Å². The van der Waals surface area contributed by atoms with E-state index in [4.69, 9.17) is 9.47 Å². The summed E-state index contributed by atoms with van der Waals surface area (Å²) in [6.45, 7) is 11.3. The summed E-state index contributed by atoms with van der Waals surface area (Å²) in [5.74, 6) is -0.740. The smallest absolute Gasteiger partial charge is 0.428 e. The first-order chi connectivity index (χ1) is 9.09. The summed E-state index contributed by atoms with van der Waals surface area (Å²) in [6, 6.07) is 0. The Morgan fingerprint density at radius 3 is 2.35 bits per heavy atom. The molecular weight excluding hydrogens is 258 g/mol. The molecule has 116 valence electrons. The Bertz CT molecular complexity index is 351. The van der Waals surface area contributed by atoms with Gasteiger partial charge >= 0.3 is 12.1 Å². The van der Waals surface area contributed by atoms with Gasteiger partial charge in [0.2, 0.25) is 0 Å². The summed E-state index contributed by atoms with van der Waals surface area (Å²) in [5.41, 5.74) is -0.624. The van der Waals surface area contributed by atoms with Gasteiger partial charge < -0.3 is 14.8 Å². The van der Waals surface area contributed by atoms with Gasteiger partial charge in [-0.2, -0.15) is 0 Å². The highest BCUT2D eigenvalue weighted by Gasteiger charge is 2.32. The molecule has 1 saturated heterocycles. The van der Waals surface area contributed by atoms with Crippen LogP contribution in [-0.4, -0.2) is 30.8 Å². The first kappa shape index (κ1) is 17.0. The van der Waals surface area contributed by atoms with Gasteiger partial charge in [0.05, 0.1) is 5.92 Å². The fourth-order valence-electron chi connectivity index (χ4n) is 2.78. The molecule has 1 aliphatic rings. The van der Waals surface area contributed by atoms with Gasteiger partial charge in [0.1, 0.15) is 5.60 Å². The van der Waals surface area contributed by atoms with Gasteiger partial charge in [0.25, 0.3) is 0 Å². The SMILES string of the molecule is CC(C)(C)CC(C)(C)OC(=O)OC(=O)[C@@H]1CCCNC1. The molecule has 1 aliphatic heterocycles. The van der Waals surface area contributed by atoms with Crippen molar-refractivity contribution in [1.82, 2.24) is 5.32 Å². The predicted octanol–water partition coefficient (Wildman–Crippen LogP) is 2.88. The predicted molar refractivity (Wildman–Crippen MR) is 76.3 cm³/mol. The second-order valence-corrected chi connectivity index (χ2v) is 7.31. The Labute approximate surface area is 121 Å². The lowest BCUT2D eigenvalue weighted by Gasteiger charge is -2.31. The highest BCUT2D eigenvalue weighted by molar-refractivity contribution is 5.83. The van der Waals surface area contributed by atoms with Crippen molar-refractivity contribution in [3.63, 3.8) is 0 Å². The molecule has 5 heteroatoms. The fourth-order valence-corrected chi connectivity index (χ4v) is 2.78. The largest absolute Gasteiger partial charge is 0.516 e.